The number of rotatable bonds is 5. The van der Waals surface area contributed by atoms with E-state index >= 15 is 0 Å². The van der Waals surface area contributed by atoms with E-state index in [1.165, 1.54) is 5.56 Å². The fourth-order valence-electron chi connectivity index (χ4n) is 2.11. The van der Waals surface area contributed by atoms with Crippen LogP contribution in [0.5, 0.6) is 5.75 Å². The largest absolute Gasteiger partial charge is 0.493 e. The van der Waals surface area contributed by atoms with Gasteiger partial charge in [0.15, 0.2) is 0 Å². The van der Waals surface area contributed by atoms with Crippen molar-refractivity contribution in [2.24, 2.45) is 0 Å². The molecule has 0 radical (unpaired) electrons. The summed E-state index contributed by atoms with van der Waals surface area (Å²) in [7, 11) is 0. The third kappa shape index (κ3) is 3.68. The molecule has 1 fully saturated rings. The van der Waals surface area contributed by atoms with Crippen molar-refractivity contribution in [2.75, 3.05) is 39.3 Å². The first-order chi connectivity index (χ1) is 8.40. The van der Waals surface area contributed by atoms with Crippen LogP contribution in [-0.2, 0) is 6.42 Å². The molecule has 0 unspecified atom stereocenters. The van der Waals surface area contributed by atoms with Gasteiger partial charge in [-0.25, -0.2) is 0 Å². The Labute approximate surface area is 103 Å². The highest BCUT2D eigenvalue weighted by molar-refractivity contribution is 5.30. The Bertz CT molecular complexity index is 337. The van der Waals surface area contributed by atoms with Crippen molar-refractivity contribution in [3.63, 3.8) is 0 Å². The number of pyridine rings is 1. The molecule has 2 rings (SSSR count). The summed E-state index contributed by atoms with van der Waals surface area (Å²) in [4.78, 5) is 6.67. The Morgan fingerprint density at radius 3 is 3.00 bits per heavy atom. The summed E-state index contributed by atoms with van der Waals surface area (Å²) in [6.45, 7) is 8.31. The molecule has 0 bridgehead atoms. The van der Waals surface area contributed by atoms with Gasteiger partial charge in [0.1, 0.15) is 5.75 Å². The first-order valence-corrected chi connectivity index (χ1v) is 6.39. The van der Waals surface area contributed by atoms with Gasteiger partial charge in [-0.05, 0) is 19.4 Å². The minimum absolute atomic E-state index is 0.713. The first-order valence-electron chi connectivity index (χ1n) is 6.39. The molecule has 17 heavy (non-hydrogen) atoms. The van der Waals surface area contributed by atoms with Crippen molar-refractivity contribution < 1.29 is 4.74 Å². The van der Waals surface area contributed by atoms with Crippen LogP contribution >= 0.6 is 0 Å². The average Bonchev–Trinajstić information content (AvgIpc) is 2.39. The zero-order chi connectivity index (χ0) is 11.9. The maximum atomic E-state index is 5.61. The number of ether oxygens (including phenoxy) is 1. The maximum Gasteiger partial charge on any atom is 0.125 e. The minimum atomic E-state index is 0.713. The lowest BCUT2D eigenvalue weighted by Crippen LogP contribution is -2.44. The van der Waals surface area contributed by atoms with E-state index in [0.717, 1.165) is 44.9 Å². The molecule has 1 N–H and O–H groups in total. The molecule has 4 heteroatoms. The molecule has 2 heterocycles. The van der Waals surface area contributed by atoms with Gasteiger partial charge in [0.2, 0.25) is 0 Å². The summed E-state index contributed by atoms with van der Waals surface area (Å²) in [5, 5.41) is 3.37. The molecule has 94 valence electrons. The van der Waals surface area contributed by atoms with Crippen LogP contribution in [-0.4, -0.2) is 49.2 Å². The second-order valence-corrected chi connectivity index (χ2v) is 4.26. The van der Waals surface area contributed by atoms with Crippen LogP contribution in [0.15, 0.2) is 18.5 Å². The molecule has 0 aromatic carbocycles. The van der Waals surface area contributed by atoms with Gasteiger partial charge < -0.3 is 15.0 Å². The zero-order valence-corrected chi connectivity index (χ0v) is 10.5. The molecule has 1 aromatic heterocycles. The van der Waals surface area contributed by atoms with Crippen molar-refractivity contribution in [2.45, 2.75) is 13.3 Å². The van der Waals surface area contributed by atoms with Crippen molar-refractivity contribution in [3.8, 4) is 5.75 Å². The van der Waals surface area contributed by atoms with Gasteiger partial charge in [-0.1, -0.05) is 0 Å². The number of hydrogen-bond donors (Lipinski definition) is 1. The fourth-order valence-corrected chi connectivity index (χ4v) is 2.11. The second-order valence-electron chi connectivity index (χ2n) is 4.26. The van der Waals surface area contributed by atoms with Crippen molar-refractivity contribution in [1.82, 2.24) is 15.2 Å². The van der Waals surface area contributed by atoms with Crippen molar-refractivity contribution in [3.05, 3.63) is 24.0 Å². The minimum Gasteiger partial charge on any atom is -0.493 e. The molecular weight excluding hydrogens is 214 g/mol. The number of nitrogens with one attached hydrogen (secondary N) is 1. The van der Waals surface area contributed by atoms with E-state index < -0.39 is 0 Å². The Morgan fingerprint density at radius 1 is 1.41 bits per heavy atom. The Hall–Kier alpha value is -1.13. The van der Waals surface area contributed by atoms with Gasteiger partial charge >= 0.3 is 0 Å². The van der Waals surface area contributed by atoms with E-state index in [4.69, 9.17) is 4.74 Å². The summed E-state index contributed by atoms with van der Waals surface area (Å²) in [6, 6.07) is 1.95. The quantitative estimate of drug-likeness (QED) is 0.824. The molecule has 0 amide bonds. The van der Waals surface area contributed by atoms with E-state index in [0.29, 0.717) is 6.61 Å². The molecule has 4 nitrogen and oxygen atoms in total. The van der Waals surface area contributed by atoms with Crippen LogP contribution in [0.1, 0.15) is 12.5 Å². The van der Waals surface area contributed by atoms with Crippen molar-refractivity contribution >= 4 is 0 Å². The smallest absolute Gasteiger partial charge is 0.125 e. The summed E-state index contributed by atoms with van der Waals surface area (Å²) in [5.41, 5.74) is 1.22. The lowest BCUT2D eigenvalue weighted by atomic mass is 10.2. The fraction of sp³-hybridized carbons (Fsp3) is 0.615. The van der Waals surface area contributed by atoms with Crippen LogP contribution in [0.4, 0.5) is 0 Å². The molecule has 1 aromatic rings. The summed E-state index contributed by atoms with van der Waals surface area (Å²) >= 11 is 0. The maximum absolute atomic E-state index is 5.61. The highest BCUT2D eigenvalue weighted by atomic mass is 16.5. The van der Waals surface area contributed by atoms with Gasteiger partial charge in [-0.15, -0.1) is 0 Å². The lowest BCUT2D eigenvalue weighted by Gasteiger charge is -2.27. The van der Waals surface area contributed by atoms with Gasteiger partial charge in [0.25, 0.3) is 0 Å². The molecule has 1 aliphatic heterocycles. The normalized spacial score (nSPS) is 17.0. The summed E-state index contributed by atoms with van der Waals surface area (Å²) in [6.07, 6.45) is 4.73. The van der Waals surface area contributed by atoms with Crippen LogP contribution < -0.4 is 10.1 Å². The number of piperazine rings is 1. The molecule has 0 atom stereocenters. The van der Waals surface area contributed by atoms with E-state index in [9.17, 15) is 0 Å². The van der Waals surface area contributed by atoms with Crippen LogP contribution in [0, 0.1) is 0 Å². The first kappa shape index (κ1) is 12.3. The van der Waals surface area contributed by atoms with Crippen LogP contribution in [0.3, 0.4) is 0 Å². The molecule has 0 aliphatic carbocycles. The second kappa shape index (κ2) is 6.57. The zero-order valence-electron chi connectivity index (χ0n) is 10.5. The highest BCUT2D eigenvalue weighted by Crippen LogP contribution is 2.17. The number of aromatic nitrogens is 1. The molecular formula is C13H21N3O. The monoisotopic (exact) mass is 235 g/mol. The average molecular weight is 235 g/mol. The predicted molar refractivity (Wildman–Crippen MR) is 68.4 cm³/mol. The highest BCUT2D eigenvalue weighted by Gasteiger charge is 2.10. The Kier molecular flexibility index (Phi) is 4.76. The Balaban J connectivity index is 1.88. The lowest BCUT2D eigenvalue weighted by molar-refractivity contribution is 0.242. The van der Waals surface area contributed by atoms with Gasteiger partial charge in [-0.3, -0.25) is 4.98 Å². The van der Waals surface area contributed by atoms with E-state index in [2.05, 4.69) is 15.2 Å². The molecule has 0 spiro atoms. The number of nitrogens with zero attached hydrogens (tertiary/aromatic N) is 2. The third-order valence-electron chi connectivity index (χ3n) is 3.07. The van der Waals surface area contributed by atoms with Gasteiger partial charge in [-0.2, -0.15) is 0 Å². The van der Waals surface area contributed by atoms with E-state index in [1.807, 2.05) is 19.2 Å². The molecule has 1 aliphatic rings. The van der Waals surface area contributed by atoms with Crippen LogP contribution in [0.25, 0.3) is 0 Å². The van der Waals surface area contributed by atoms with Gasteiger partial charge in [0, 0.05) is 50.7 Å². The van der Waals surface area contributed by atoms with Crippen molar-refractivity contribution in [1.29, 1.82) is 0 Å². The standard InChI is InChI=1S/C13H21N3O/c1-2-17-13-3-5-15-11-12(13)4-8-16-9-6-14-7-10-16/h3,5,11,14H,2,4,6-10H2,1H3. The molecule has 1 saturated heterocycles. The third-order valence-corrected chi connectivity index (χ3v) is 3.07. The van der Waals surface area contributed by atoms with E-state index in [1.54, 1.807) is 6.20 Å². The SMILES string of the molecule is CCOc1ccncc1CCN1CCNCC1. The topological polar surface area (TPSA) is 37.4 Å². The summed E-state index contributed by atoms with van der Waals surface area (Å²) < 4.78 is 5.61. The summed E-state index contributed by atoms with van der Waals surface area (Å²) in [5.74, 6) is 0.984. The van der Waals surface area contributed by atoms with Gasteiger partial charge in [0.05, 0.1) is 6.61 Å². The number of hydrogen-bond acceptors (Lipinski definition) is 4. The van der Waals surface area contributed by atoms with Crippen LogP contribution in [0.2, 0.25) is 0 Å². The molecule has 0 saturated carbocycles. The Morgan fingerprint density at radius 2 is 2.24 bits per heavy atom. The predicted octanol–water partition coefficient (Wildman–Crippen LogP) is 0.928. The van der Waals surface area contributed by atoms with E-state index in [-0.39, 0.29) is 0 Å².